The molecule has 3 nitrogen and oxygen atoms in total. The third-order valence-corrected chi connectivity index (χ3v) is 4.91. The third-order valence-electron chi connectivity index (χ3n) is 3.75. The van der Waals surface area contributed by atoms with E-state index in [2.05, 4.69) is 45.4 Å². The van der Waals surface area contributed by atoms with Gasteiger partial charge in [0.1, 0.15) is 0 Å². The maximum absolute atomic E-state index is 5.94. The van der Waals surface area contributed by atoms with Gasteiger partial charge in [-0.05, 0) is 53.5 Å². The van der Waals surface area contributed by atoms with Crippen LogP contribution in [0.3, 0.4) is 0 Å². The summed E-state index contributed by atoms with van der Waals surface area (Å²) in [4.78, 5) is 0. The zero-order valence-corrected chi connectivity index (χ0v) is 15.0. The second-order valence-corrected chi connectivity index (χ2v) is 6.43. The molecular weight excluding hydrogens is 350 g/mol. The maximum Gasteiger partial charge on any atom is 0.0766 e. The van der Waals surface area contributed by atoms with E-state index in [-0.39, 0.29) is 0 Å². The Morgan fingerprint density at radius 2 is 1.95 bits per heavy atom. The van der Waals surface area contributed by atoms with Crippen molar-refractivity contribution in [2.45, 2.75) is 32.2 Å². The molecule has 0 aliphatic carbocycles. The Hall–Kier alpha value is -0.840. The van der Waals surface area contributed by atoms with E-state index in [0.29, 0.717) is 6.04 Å². The van der Waals surface area contributed by atoms with Gasteiger partial charge in [0.05, 0.1) is 15.9 Å². The number of nitrogens with zero attached hydrogens (tertiary/aromatic N) is 2. The molecule has 2 aromatic rings. The molecule has 2 rings (SSSR count). The van der Waals surface area contributed by atoms with Crippen molar-refractivity contribution in [2.75, 3.05) is 7.05 Å². The van der Waals surface area contributed by atoms with Gasteiger partial charge in [0.15, 0.2) is 0 Å². The summed E-state index contributed by atoms with van der Waals surface area (Å²) in [5.74, 6) is 0. The zero-order valence-electron chi connectivity index (χ0n) is 12.7. The predicted molar refractivity (Wildman–Crippen MR) is 92.0 cm³/mol. The first-order valence-corrected chi connectivity index (χ1v) is 8.34. The number of nitrogens with one attached hydrogen (secondary N) is 1. The number of halogens is 2. The van der Waals surface area contributed by atoms with Crippen LogP contribution in [0.5, 0.6) is 0 Å². The van der Waals surface area contributed by atoms with Crippen LogP contribution in [0.2, 0.25) is 5.02 Å². The Morgan fingerprint density at radius 3 is 2.48 bits per heavy atom. The molecule has 0 saturated carbocycles. The van der Waals surface area contributed by atoms with Crippen LogP contribution in [0, 0.1) is 0 Å². The molecule has 0 aliphatic rings. The lowest BCUT2D eigenvalue weighted by atomic mass is 10.0. The minimum atomic E-state index is 0.364. The highest BCUT2D eigenvalue weighted by atomic mass is 79.9. The first kappa shape index (κ1) is 16.5. The summed E-state index contributed by atoms with van der Waals surface area (Å²) >= 11 is 9.63. The highest BCUT2D eigenvalue weighted by molar-refractivity contribution is 9.10. The molecule has 21 heavy (non-hydrogen) atoms. The normalized spacial score (nSPS) is 12.6. The molecule has 1 N–H and O–H groups in total. The van der Waals surface area contributed by atoms with Gasteiger partial charge in [-0.25, -0.2) is 0 Å². The Kier molecular flexibility index (Phi) is 5.85. The number of rotatable bonds is 6. The lowest BCUT2D eigenvalue weighted by molar-refractivity contribution is 0.532. The average molecular weight is 371 g/mol. The molecule has 0 amide bonds. The second-order valence-electron chi connectivity index (χ2n) is 5.20. The van der Waals surface area contributed by atoms with Crippen molar-refractivity contribution < 1.29 is 0 Å². The van der Waals surface area contributed by atoms with Gasteiger partial charge in [0.25, 0.3) is 0 Å². The Morgan fingerprint density at radius 1 is 1.29 bits per heavy atom. The van der Waals surface area contributed by atoms with Gasteiger partial charge in [-0.15, -0.1) is 0 Å². The number of aryl methyl sites for hydroxylation is 2. The maximum atomic E-state index is 5.94. The zero-order chi connectivity index (χ0) is 15.4. The Balaban J connectivity index is 2.12. The fraction of sp³-hybridized carbons (Fsp3) is 0.438. The van der Waals surface area contributed by atoms with Crippen LogP contribution in [-0.2, 0) is 26.3 Å². The van der Waals surface area contributed by atoms with Crippen LogP contribution in [0.15, 0.2) is 28.7 Å². The van der Waals surface area contributed by atoms with Crippen molar-refractivity contribution in [3.8, 4) is 0 Å². The van der Waals surface area contributed by atoms with Gasteiger partial charge in [0.2, 0.25) is 0 Å². The summed E-state index contributed by atoms with van der Waals surface area (Å²) in [7, 11) is 4.01. The van der Waals surface area contributed by atoms with Crippen LogP contribution < -0.4 is 5.32 Å². The molecule has 0 spiro atoms. The van der Waals surface area contributed by atoms with E-state index in [1.807, 2.05) is 30.9 Å². The lowest BCUT2D eigenvalue weighted by Gasteiger charge is -2.17. The van der Waals surface area contributed by atoms with Crippen LogP contribution in [0.25, 0.3) is 0 Å². The fourth-order valence-corrected chi connectivity index (χ4v) is 3.36. The molecule has 0 aliphatic heterocycles. The Bertz CT molecular complexity index is 592. The largest absolute Gasteiger partial charge is 0.316 e. The van der Waals surface area contributed by atoms with Gasteiger partial charge in [-0.1, -0.05) is 30.7 Å². The van der Waals surface area contributed by atoms with E-state index >= 15 is 0 Å². The highest BCUT2D eigenvalue weighted by Gasteiger charge is 2.17. The first-order chi connectivity index (χ1) is 10.0. The van der Waals surface area contributed by atoms with Crippen molar-refractivity contribution in [1.29, 1.82) is 0 Å². The van der Waals surface area contributed by atoms with Crippen molar-refractivity contribution in [1.82, 2.24) is 15.1 Å². The summed E-state index contributed by atoms with van der Waals surface area (Å²) in [6.07, 6.45) is 2.84. The molecule has 0 bridgehead atoms. The van der Waals surface area contributed by atoms with E-state index in [1.54, 1.807) is 0 Å². The highest BCUT2D eigenvalue weighted by Crippen LogP contribution is 2.23. The van der Waals surface area contributed by atoms with Crippen LogP contribution >= 0.6 is 27.5 Å². The van der Waals surface area contributed by atoms with Gasteiger partial charge >= 0.3 is 0 Å². The summed E-state index contributed by atoms with van der Waals surface area (Å²) in [5.41, 5.74) is 3.64. The monoisotopic (exact) mass is 369 g/mol. The van der Waals surface area contributed by atoms with Crippen LogP contribution in [0.1, 0.15) is 23.9 Å². The smallest absolute Gasteiger partial charge is 0.0766 e. The van der Waals surface area contributed by atoms with Gasteiger partial charge < -0.3 is 5.32 Å². The SMILES string of the molecule is CCc1nn(C)c(CC(Cc2ccc(Cl)cc2)NC)c1Br. The molecule has 1 atom stereocenters. The minimum Gasteiger partial charge on any atom is -0.316 e. The number of hydrogen-bond donors (Lipinski definition) is 1. The van der Waals surface area contributed by atoms with Crippen molar-refractivity contribution >= 4 is 27.5 Å². The predicted octanol–water partition coefficient (Wildman–Crippen LogP) is 3.77. The van der Waals surface area contributed by atoms with E-state index in [9.17, 15) is 0 Å². The standard InChI is InChI=1S/C16H21BrClN3/c1-4-14-16(17)15(21(3)20-14)10-13(19-2)9-11-5-7-12(18)8-6-11/h5-8,13,19H,4,9-10H2,1-3H3. The number of likely N-dealkylation sites (N-methyl/N-ethyl adjacent to an activating group) is 1. The molecule has 1 aromatic heterocycles. The van der Waals surface area contributed by atoms with E-state index in [1.165, 1.54) is 11.3 Å². The molecule has 0 radical (unpaired) electrons. The summed E-state index contributed by atoms with van der Waals surface area (Å²) < 4.78 is 3.12. The Labute approximate surface area is 139 Å². The number of benzene rings is 1. The van der Waals surface area contributed by atoms with E-state index < -0.39 is 0 Å². The van der Waals surface area contributed by atoms with Crippen LogP contribution in [0.4, 0.5) is 0 Å². The topological polar surface area (TPSA) is 29.9 Å². The van der Waals surface area contributed by atoms with Crippen molar-refractivity contribution in [3.05, 3.63) is 50.7 Å². The molecule has 1 unspecified atom stereocenters. The van der Waals surface area contributed by atoms with Crippen molar-refractivity contribution in [3.63, 3.8) is 0 Å². The fourth-order valence-electron chi connectivity index (χ4n) is 2.46. The second kappa shape index (κ2) is 7.43. The number of aromatic nitrogens is 2. The molecule has 1 aromatic carbocycles. The first-order valence-electron chi connectivity index (χ1n) is 7.17. The molecule has 0 saturated heterocycles. The number of hydrogen-bond acceptors (Lipinski definition) is 2. The van der Waals surface area contributed by atoms with Gasteiger partial charge in [0, 0.05) is 24.5 Å². The summed E-state index contributed by atoms with van der Waals surface area (Å²) in [5, 5.41) is 8.74. The summed E-state index contributed by atoms with van der Waals surface area (Å²) in [6.45, 7) is 2.13. The van der Waals surface area contributed by atoms with E-state index in [4.69, 9.17) is 11.6 Å². The van der Waals surface area contributed by atoms with Crippen molar-refractivity contribution in [2.24, 2.45) is 7.05 Å². The van der Waals surface area contributed by atoms with Crippen LogP contribution in [-0.4, -0.2) is 22.9 Å². The van der Waals surface area contributed by atoms with E-state index in [0.717, 1.165) is 34.5 Å². The third kappa shape index (κ3) is 4.09. The average Bonchev–Trinajstić information content (AvgIpc) is 2.75. The molecule has 5 heteroatoms. The van der Waals surface area contributed by atoms with Gasteiger partial charge in [-0.3, -0.25) is 4.68 Å². The molecule has 1 heterocycles. The molecule has 114 valence electrons. The summed E-state index contributed by atoms with van der Waals surface area (Å²) in [6, 6.07) is 8.42. The molecule has 0 fully saturated rings. The minimum absolute atomic E-state index is 0.364. The van der Waals surface area contributed by atoms with Gasteiger partial charge in [-0.2, -0.15) is 5.10 Å². The quantitative estimate of drug-likeness (QED) is 0.839. The molecular formula is C16H21BrClN3. The lowest BCUT2D eigenvalue weighted by Crippen LogP contribution is -2.30.